The fourth-order valence-corrected chi connectivity index (χ4v) is 3.37. The molecule has 0 fully saturated rings. The highest BCUT2D eigenvalue weighted by atomic mass is 32.1. The Morgan fingerprint density at radius 3 is 3.08 bits per heavy atom. The molecule has 4 rings (SSSR count). The maximum atomic E-state index is 5.42. The molecule has 1 aliphatic heterocycles. The lowest BCUT2D eigenvalue weighted by atomic mass is 10.2. The van der Waals surface area contributed by atoms with Gasteiger partial charge in [-0.2, -0.15) is 5.10 Å². The largest absolute Gasteiger partial charge is 0.454 e. The van der Waals surface area contributed by atoms with E-state index in [1.807, 2.05) is 42.2 Å². The van der Waals surface area contributed by atoms with Gasteiger partial charge in [-0.15, -0.1) is 11.3 Å². The fourth-order valence-electron chi connectivity index (χ4n) is 2.55. The van der Waals surface area contributed by atoms with E-state index in [9.17, 15) is 0 Å². The van der Waals surface area contributed by atoms with Gasteiger partial charge in [-0.05, 0) is 30.7 Å². The molecule has 0 spiro atoms. The van der Waals surface area contributed by atoms with E-state index in [2.05, 4.69) is 15.8 Å². The lowest BCUT2D eigenvalue weighted by Gasteiger charge is -2.03. The van der Waals surface area contributed by atoms with Crippen molar-refractivity contribution >= 4 is 11.3 Å². The minimum atomic E-state index is 0.293. The number of thiazole rings is 1. The first-order valence-electron chi connectivity index (χ1n) is 7.82. The summed E-state index contributed by atoms with van der Waals surface area (Å²) in [7, 11) is 0. The van der Waals surface area contributed by atoms with Crippen molar-refractivity contribution in [3.05, 3.63) is 47.2 Å². The van der Waals surface area contributed by atoms with Crippen LogP contribution < -0.4 is 14.8 Å². The van der Waals surface area contributed by atoms with Crippen molar-refractivity contribution in [3.8, 4) is 22.1 Å². The summed E-state index contributed by atoms with van der Waals surface area (Å²) in [5.74, 6) is 1.59. The van der Waals surface area contributed by atoms with E-state index in [0.717, 1.165) is 47.4 Å². The molecule has 2 aromatic heterocycles. The number of rotatable bonds is 6. The van der Waals surface area contributed by atoms with Gasteiger partial charge in [-0.1, -0.05) is 0 Å². The Labute approximate surface area is 144 Å². The van der Waals surface area contributed by atoms with E-state index in [4.69, 9.17) is 14.5 Å². The molecule has 24 heavy (non-hydrogen) atoms. The number of aromatic nitrogens is 3. The maximum absolute atomic E-state index is 5.42. The summed E-state index contributed by atoms with van der Waals surface area (Å²) in [6, 6.07) is 5.94. The Morgan fingerprint density at radius 2 is 2.21 bits per heavy atom. The lowest BCUT2D eigenvalue weighted by Crippen LogP contribution is -2.19. The first-order chi connectivity index (χ1) is 11.8. The predicted molar refractivity (Wildman–Crippen MR) is 92.3 cm³/mol. The molecule has 3 aromatic rings. The van der Waals surface area contributed by atoms with E-state index in [1.165, 1.54) is 5.56 Å². The van der Waals surface area contributed by atoms with E-state index in [-0.39, 0.29) is 0 Å². The Kier molecular flexibility index (Phi) is 4.18. The Balaban J connectivity index is 1.33. The van der Waals surface area contributed by atoms with Crippen molar-refractivity contribution in [3.63, 3.8) is 0 Å². The smallest absolute Gasteiger partial charge is 0.231 e. The highest BCUT2D eigenvalue weighted by Gasteiger charge is 2.15. The van der Waals surface area contributed by atoms with Crippen LogP contribution in [-0.4, -0.2) is 28.1 Å². The van der Waals surface area contributed by atoms with Crippen LogP contribution in [-0.2, 0) is 13.1 Å². The topological polar surface area (TPSA) is 61.2 Å². The summed E-state index contributed by atoms with van der Waals surface area (Å²) in [6.07, 6.45) is 3.92. The van der Waals surface area contributed by atoms with Crippen LogP contribution >= 0.6 is 11.3 Å². The third-order valence-corrected chi connectivity index (χ3v) is 4.70. The molecule has 0 atom stereocenters. The number of nitrogens with one attached hydrogen (secondary N) is 1. The first-order valence-corrected chi connectivity index (χ1v) is 8.70. The van der Waals surface area contributed by atoms with Crippen molar-refractivity contribution in [2.75, 3.05) is 13.3 Å². The number of benzene rings is 1. The molecule has 1 aliphatic rings. The lowest BCUT2D eigenvalue weighted by molar-refractivity contribution is 0.174. The van der Waals surface area contributed by atoms with E-state index >= 15 is 0 Å². The second kappa shape index (κ2) is 6.62. The minimum absolute atomic E-state index is 0.293. The van der Waals surface area contributed by atoms with Crippen LogP contribution in [0.5, 0.6) is 11.5 Å². The van der Waals surface area contributed by atoms with Gasteiger partial charge in [-0.25, -0.2) is 4.98 Å². The van der Waals surface area contributed by atoms with Crippen LogP contribution in [0.1, 0.15) is 11.3 Å². The third-order valence-electron chi connectivity index (χ3n) is 3.76. The number of nitrogens with zero attached hydrogens (tertiary/aromatic N) is 3. The molecule has 1 aromatic carbocycles. The Bertz CT molecular complexity index is 843. The summed E-state index contributed by atoms with van der Waals surface area (Å²) < 4.78 is 12.7. The average molecular weight is 342 g/mol. The SMILES string of the molecule is Cc1cnn(CCNCc2csc(-c3ccc4c(c3)OCO4)n2)c1. The van der Waals surface area contributed by atoms with Gasteiger partial charge in [0, 0.05) is 30.2 Å². The van der Waals surface area contributed by atoms with Crippen LogP contribution in [0.15, 0.2) is 36.0 Å². The second-order valence-corrected chi connectivity index (χ2v) is 6.53. The van der Waals surface area contributed by atoms with Crippen molar-refractivity contribution in [2.24, 2.45) is 0 Å². The van der Waals surface area contributed by atoms with Gasteiger partial charge in [0.2, 0.25) is 6.79 Å². The van der Waals surface area contributed by atoms with Crippen molar-refractivity contribution in [1.29, 1.82) is 0 Å². The number of hydrogen-bond donors (Lipinski definition) is 1. The van der Waals surface area contributed by atoms with Crippen molar-refractivity contribution < 1.29 is 9.47 Å². The summed E-state index contributed by atoms with van der Waals surface area (Å²) in [6.45, 7) is 4.80. The van der Waals surface area contributed by atoms with Crippen LogP contribution in [0.4, 0.5) is 0 Å². The standard InChI is InChI=1S/C17H18N4O2S/c1-12-7-19-21(9-12)5-4-18-8-14-10-24-17(20-14)13-2-3-15-16(6-13)23-11-22-15/h2-3,6-7,9-10,18H,4-5,8,11H2,1H3. The Hall–Kier alpha value is -2.38. The number of ether oxygens (including phenoxy) is 2. The fraction of sp³-hybridized carbons (Fsp3) is 0.294. The van der Waals surface area contributed by atoms with Crippen molar-refractivity contribution in [2.45, 2.75) is 20.0 Å². The van der Waals surface area contributed by atoms with Gasteiger partial charge < -0.3 is 14.8 Å². The van der Waals surface area contributed by atoms with Gasteiger partial charge in [0.25, 0.3) is 0 Å². The summed E-state index contributed by atoms with van der Waals surface area (Å²) in [4.78, 5) is 4.69. The van der Waals surface area contributed by atoms with E-state index in [0.29, 0.717) is 6.79 Å². The van der Waals surface area contributed by atoms with Gasteiger partial charge >= 0.3 is 0 Å². The molecule has 1 N–H and O–H groups in total. The quantitative estimate of drug-likeness (QED) is 0.698. The van der Waals surface area contributed by atoms with E-state index < -0.39 is 0 Å². The first kappa shape index (κ1) is 15.2. The van der Waals surface area contributed by atoms with Crippen molar-refractivity contribution in [1.82, 2.24) is 20.1 Å². The van der Waals surface area contributed by atoms with Crippen LogP contribution in [0, 0.1) is 6.92 Å². The number of fused-ring (bicyclic) bond motifs is 1. The van der Waals surface area contributed by atoms with Crippen LogP contribution in [0.25, 0.3) is 10.6 Å². The summed E-state index contributed by atoms with van der Waals surface area (Å²) in [5, 5.41) is 10.8. The molecule has 0 aliphatic carbocycles. The second-order valence-electron chi connectivity index (χ2n) is 5.67. The minimum Gasteiger partial charge on any atom is -0.454 e. The van der Waals surface area contributed by atoms with Crippen LogP contribution in [0.2, 0.25) is 0 Å². The predicted octanol–water partition coefficient (Wildman–Crippen LogP) is 2.83. The van der Waals surface area contributed by atoms with Crippen LogP contribution in [0.3, 0.4) is 0 Å². The number of aryl methyl sites for hydroxylation is 1. The molecule has 0 radical (unpaired) electrons. The van der Waals surface area contributed by atoms with Gasteiger partial charge in [0.05, 0.1) is 18.4 Å². The molecule has 7 heteroatoms. The van der Waals surface area contributed by atoms with Gasteiger partial charge in [0.1, 0.15) is 5.01 Å². The molecule has 6 nitrogen and oxygen atoms in total. The summed E-state index contributed by atoms with van der Waals surface area (Å²) in [5.41, 5.74) is 3.29. The zero-order valence-corrected chi connectivity index (χ0v) is 14.2. The van der Waals surface area contributed by atoms with Gasteiger partial charge in [0.15, 0.2) is 11.5 Å². The molecule has 3 heterocycles. The summed E-state index contributed by atoms with van der Waals surface area (Å²) >= 11 is 1.64. The van der Waals surface area contributed by atoms with Gasteiger partial charge in [-0.3, -0.25) is 4.68 Å². The number of hydrogen-bond acceptors (Lipinski definition) is 6. The zero-order valence-electron chi connectivity index (χ0n) is 13.4. The zero-order chi connectivity index (χ0) is 16.4. The third kappa shape index (κ3) is 3.27. The average Bonchev–Trinajstić information content (AvgIpc) is 3.31. The maximum Gasteiger partial charge on any atom is 0.231 e. The molecular formula is C17H18N4O2S. The highest BCUT2D eigenvalue weighted by molar-refractivity contribution is 7.13. The normalized spacial score (nSPS) is 12.7. The monoisotopic (exact) mass is 342 g/mol. The molecule has 124 valence electrons. The molecule has 0 saturated carbocycles. The van der Waals surface area contributed by atoms with E-state index in [1.54, 1.807) is 11.3 Å². The molecule has 0 unspecified atom stereocenters. The molecule has 0 bridgehead atoms. The highest BCUT2D eigenvalue weighted by Crippen LogP contribution is 2.36. The molecule has 0 saturated heterocycles. The Morgan fingerprint density at radius 1 is 1.29 bits per heavy atom. The molecule has 0 amide bonds. The molecular weight excluding hydrogens is 324 g/mol.